The van der Waals surface area contributed by atoms with Gasteiger partial charge < -0.3 is 46.0 Å². The molecule has 2 amide bonds. The lowest BCUT2D eigenvalue weighted by Gasteiger charge is -2.33. The molecule has 15 nitrogen and oxygen atoms in total. The van der Waals surface area contributed by atoms with Gasteiger partial charge in [0.1, 0.15) is 17.0 Å². The molecule has 0 spiro atoms. The number of amides is 2. The first kappa shape index (κ1) is 39.7. The first-order valence-electron chi connectivity index (χ1n) is 15.3. The van der Waals surface area contributed by atoms with E-state index in [-0.39, 0.29) is 6.42 Å². The fraction of sp³-hybridized carbons (Fsp3) is 0.700. The normalized spacial score (nSPS) is 11.6. The zero-order valence-corrected chi connectivity index (χ0v) is 25.8. The van der Waals surface area contributed by atoms with Crippen molar-refractivity contribution in [2.24, 2.45) is 11.0 Å². The van der Waals surface area contributed by atoms with E-state index in [2.05, 4.69) is 20.7 Å². The fourth-order valence-electron chi connectivity index (χ4n) is 4.44. The largest absolute Gasteiger partial charge is 0.462 e. The zero-order valence-electron chi connectivity index (χ0n) is 25.8. The number of ether oxygens (including phenoxy) is 1. The van der Waals surface area contributed by atoms with E-state index >= 15 is 0 Å². The summed E-state index contributed by atoms with van der Waals surface area (Å²) in [6.45, 7) is -4.26. The molecule has 1 aromatic rings. The molecule has 15 heteroatoms. The smallest absolute Gasteiger partial charge is 0.338 e. The van der Waals surface area contributed by atoms with Gasteiger partial charge in [0, 0.05) is 10.6 Å². The van der Waals surface area contributed by atoms with Crippen LogP contribution in [0, 0.1) is 5.92 Å². The number of hydrogen-bond donors (Lipinski definition) is 8. The third kappa shape index (κ3) is 14.1. The minimum absolute atomic E-state index is 0.0972. The van der Waals surface area contributed by atoms with E-state index in [0.717, 1.165) is 57.8 Å². The summed E-state index contributed by atoms with van der Waals surface area (Å²) in [5, 5.41) is 65.4. The molecule has 0 saturated carbocycles. The standard InChI is InChI=1S/C30H49N5O10/c31-35-34-24-14-12-23(13-15-24)28(44)45-16-10-8-6-4-2-1-3-5-7-9-11-25(26(42)32-29(17-36,18-37)19-38)27(43)33-30(20-39,21-40)22-41/h12-15,25,36-41H,1-11,16-22H2,(H,32,42)(H,33,43). The maximum Gasteiger partial charge on any atom is 0.338 e. The Morgan fingerprint density at radius 2 is 1.09 bits per heavy atom. The van der Waals surface area contributed by atoms with E-state index in [4.69, 9.17) is 10.3 Å². The highest BCUT2D eigenvalue weighted by atomic mass is 16.5. The minimum Gasteiger partial charge on any atom is -0.462 e. The number of nitrogens with zero attached hydrogens (tertiary/aromatic N) is 3. The molecule has 0 saturated heterocycles. The van der Waals surface area contributed by atoms with E-state index in [1.165, 1.54) is 0 Å². The Morgan fingerprint density at radius 1 is 0.689 bits per heavy atom. The van der Waals surface area contributed by atoms with Gasteiger partial charge in [-0.05, 0) is 30.5 Å². The molecular formula is C30H49N5O10. The second kappa shape index (κ2) is 22.2. The van der Waals surface area contributed by atoms with Crippen molar-refractivity contribution in [2.45, 2.75) is 81.7 Å². The number of rotatable bonds is 25. The van der Waals surface area contributed by atoms with Gasteiger partial charge in [0.25, 0.3) is 0 Å². The number of aliphatic hydroxyl groups excluding tert-OH is 6. The summed E-state index contributed by atoms with van der Waals surface area (Å²) in [5.41, 5.74) is 5.78. The van der Waals surface area contributed by atoms with Crippen molar-refractivity contribution in [1.82, 2.24) is 10.6 Å². The molecule has 0 aliphatic rings. The number of carbonyl (C=O) groups excluding carboxylic acids is 3. The molecule has 0 aliphatic heterocycles. The highest BCUT2D eigenvalue weighted by Crippen LogP contribution is 2.18. The summed E-state index contributed by atoms with van der Waals surface area (Å²) in [5.74, 6) is -3.43. The van der Waals surface area contributed by atoms with Crippen LogP contribution >= 0.6 is 0 Å². The average Bonchev–Trinajstić information content (AvgIpc) is 3.06. The van der Waals surface area contributed by atoms with Gasteiger partial charge in [0.05, 0.1) is 51.8 Å². The van der Waals surface area contributed by atoms with Crippen LogP contribution < -0.4 is 10.6 Å². The van der Waals surface area contributed by atoms with Gasteiger partial charge in [-0.15, -0.1) is 0 Å². The van der Waals surface area contributed by atoms with Crippen LogP contribution in [-0.2, 0) is 14.3 Å². The Labute approximate surface area is 263 Å². The Balaban J connectivity index is 2.35. The predicted octanol–water partition coefficient (Wildman–Crippen LogP) is 1.36. The second-order valence-electron chi connectivity index (χ2n) is 11.2. The Kier molecular flexibility index (Phi) is 19.6. The van der Waals surface area contributed by atoms with Gasteiger partial charge in [-0.3, -0.25) is 9.59 Å². The van der Waals surface area contributed by atoms with E-state index < -0.39 is 74.4 Å². The summed E-state index contributed by atoms with van der Waals surface area (Å²) >= 11 is 0. The highest BCUT2D eigenvalue weighted by molar-refractivity contribution is 6.00. The van der Waals surface area contributed by atoms with Crippen LogP contribution in [0.5, 0.6) is 0 Å². The molecule has 8 N–H and O–H groups in total. The number of carbonyl (C=O) groups is 3. The quantitative estimate of drug-likeness (QED) is 0.0190. The molecule has 254 valence electrons. The van der Waals surface area contributed by atoms with Gasteiger partial charge in [-0.2, -0.15) is 0 Å². The van der Waals surface area contributed by atoms with E-state index in [1.54, 1.807) is 24.3 Å². The molecule has 0 aliphatic carbocycles. The van der Waals surface area contributed by atoms with Crippen molar-refractivity contribution in [3.63, 3.8) is 0 Å². The lowest BCUT2D eigenvalue weighted by molar-refractivity contribution is -0.140. The summed E-state index contributed by atoms with van der Waals surface area (Å²) < 4.78 is 5.28. The van der Waals surface area contributed by atoms with Crippen molar-refractivity contribution >= 4 is 23.5 Å². The van der Waals surface area contributed by atoms with Crippen molar-refractivity contribution in [3.8, 4) is 0 Å². The van der Waals surface area contributed by atoms with Crippen LogP contribution in [0.25, 0.3) is 10.4 Å². The predicted molar refractivity (Wildman–Crippen MR) is 164 cm³/mol. The second-order valence-corrected chi connectivity index (χ2v) is 11.2. The molecular weight excluding hydrogens is 590 g/mol. The molecule has 0 heterocycles. The summed E-state index contributed by atoms with van der Waals surface area (Å²) in [4.78, 5) is 40.7. The van der Waals surface area contributed by atoms with Gasteiger partial charge in [0.15, 0.2) is 0 Å². The van der Waals surface area contributed by atoms with E-state index in [9.17, 15) is 45.0 Å². The van der Waals surface area contributed by atoms with E-state index in [0.29, 0.717) is 24.3 Å². The molecule has 0 fully saturated rings. The molecule has 0 aromatic heterocycles. The number of nitrogens with one attached hydrogen (secondary N) is 2. The monoisotopic (exact) mass is 639 g/mol. The Bertz CT molecular complexity index is 1010. The maximum absolute atomic E-state index is 13.0. The number of benzene rings is 1. The molecule has 0 atom stereocenters. The van der Waals surface area contributed by atoms with Crippen molar-refractivity contribution < 1.29 is 49.8 Å². The van der Waals surface area contributed by atoms with Gasteiger partial charge in [-0.1, -0.05) is 75.0 Å². The van der Waals surface area contributed by atoms with Crippen LogP contribution in [0.3, 0.4) is 0 Å². The molecule has 1 rings (SSSR count). The highest BCUT2D eigenvalue weighted by Gasteiger charge is 2.38. The van der Waals surface area contributed by atoms with Crippen LogP contribution in [0.4, 0.5) is 5.69 Å². The van der Waals surface area contributed by atoms with Crippen molar-refractivity contribution in [2.75, 3.05) is 46.2 Å². The molecule has 0 unspecified atom stereocenters. The van der Waals surface area contributed by atoms with E-state index in [1.807, 2.05) is 0 Å². The third-order valence-electron chi connectivity index (χ3n) is 7.61. The third-order valence-corrected chi connectivity index (χ3v) is 7.61. The lowest BCUT2D eigenvalue weighted by atomic mass is 9.94. The van der Waals surface area contributed by atoms with Crippen molar-refractivity contribution in [1.29, 1.82) is 0 Å². The Morgan fingerprint density at radius 3 is 1.49 bits per heavy atom. The average molecular weight is 640 g/mol. The van der Waals surface area contributed by atoms with Gasteiger partial charge in [0.2, 0.25) is 11.8 Å². The summed E-state index contributed by atoms with van der Waals surface area (Å²) in [7, 11) is 0. The summed E-state index contributed by atoms with van der Waals surface area (Å²) in [6, 6.07) is 6.21. The number of azide groups is 1. The fourth-order valence-corrected chi connectivity index (χ4v) is 4.44. The number of hydrogen-bond acceptors (Lipinski definition) is 11. The summed E-state index contributed by atoms with van der Waals surface area (Å²) in [6.07, 6.45) is 8.97. The van der Waals surface area contributed by atoms with Crippen LogP contribution in [0.2, 0.25) is 0 Å². The first-order chi connectivity index (χ1) is 21.7. The molecule has 45 heavy (non-hydrogen) atoms. The van der Waals surface area contributed by atoms with Crippen LogP contribution in [-0.4, -0.2) is 106 Å². The molecule has 0 radical (unpaired) electrons. The molecule has 1 aromatic carbocycles. The lowest BCUT2D eigenvalue weighted by Crippen LogP contribution is -2.62. The number of unbranched alkanes of at least 4 members (excludes halogenated alkanes) is 9. The SMILES string of the molecule is [N-]=[N+]=Nc1ccc(C(=O)OCCCCCCCCCCCCC(C(=O)NC(CO)(CO)CO)C(=O)NC(CO)(CO)CO)cc1. The van der Waals surface area contributed by atoms with Gasteiger partial charge in [-0.25, -0.2) is 4.79 Å². The van der Waals surface area contributed by atoms with Crippen LogP contribution in [0.15, 0.2) is 29.4 Å². The minimum atomic E-state index is -1.73. The Hall–Kier alpha value is -3.30. The number of aliphatic hydroxyl groups is 6. The van der Waals surface area contributed by atoms with Gasteiger partial charge >= 0.3 is 5.97 Å². The van der Waals surface area contributed by atoms with Crippen molar-refractivity contribution in [3.05, 3.63) is 40.3 Å². The zero-order chi connectivity index (χ0) is 33.6. The topological polar surface area (TPSA) is 255 Å². The maximum atomic E-state index is 13.0. The van der Waals surface area contributed by atoms with Crippen LogP contribution in [0.1, 0.15) is 81.0 Å². The first-order valence-corrected chi connectivity index (χ1v) is 15.3. The number of esters is 1. The molecule has 0 bridgehead atoms.